The molecule has 0 aliphatic carbocycles. The highest BCUT2D eigenvalue weighted by atomic mass is 16.5. The Morgan fingerprint density at radius 2 is 2.00 bits per heavy atom. The van der Waals surface area contributed by atoms with Gasteiger partial charge in [0.05, 0.1) is 16.7 Å². The van der Waals surface area contributed by atoms with Gasteiger partial charge in [-0.1, -0.05) is 18.2 Å². The minimum Gasteiger partial charge on any atom is -0.479 e. The zero-order chi connectivity index (χ0) is 19.1. The lowest BCUT2D eigenvalue weighted by Gasteiger charge is -2.31. The van der Waals surface area contributed by atoms with Crippen molar-refractivity contribution in [2.45, 2.75) is 38.3 Å². The number of anilines is 1. The number of H-pyrrole nitrogens is 1. The Hall–Kier alpha value is -2.86. The molecule has 1 fully saturated rings. The van der Waals surface area contributed by atoms with Crippen molar-refractivity contribution in [3.05, 3.63) is 53.9 Å². The summed E-state index contributed by atoms with van der Waals surface area (Å²) in [6, 6.07) is 14.3. The van der Waals surface area contributed by atoms with Crippen LogP contribution in [0, 0.1) is 0 Å². The monoisotopic (exact) mass is 376 g/mol. The molecule has 6 nitrogen and oxygen atoms in total. The average molecular weight is 376 g/mol. The van der Waals surface area contributed by atoms with Gasteiger partial charge >= 0.3 is 0 Å². The van der Waals surface area contributed by atoms with Crippen molar-refractivity contribution in [3.8, 4) is 5.75 Å². The molecule has 1 amide bonds. The maximum Gasteiger partial charge on any atom is 0.265 e. The molecule has 1 unspecified atom stereocenters. The summed E-state index contributed by atoms with van der Waals surface area (Å²) in [5, 5.41) is 2.89. The average Bonchev–Trinajstić information content (AvgIpc) is 3.14. The van der Waals surface area contributed by atoms with Gasteiger partial charge in [-0.2, -0.15) is 0 Å². The summed E-state index contributed by atoms with van der Waals surface area (Å²) in [6.45, 7) is 4.76. The molecular formula is C22H24N4O2. The number of hydrogen-bond acceptors (Lipinski definition) is 4. The molecule has 2 aliphatic heterocycles. The molecule has 0 saturated carbocycles. The smallest absolute Gasteiger partial charge is 0.265 e. The molecular weight excluding hydrogens is 352 g/mol. The van der Waals surface area contributed by atoms with Gasteiger partial charge in [0, 0.05) is 12.5 Å². The number of ether oxygens (including phenoxy) is 1. The number of likely N-dealkylation sites (tertiary alicyclic amines) is 1. The molecule has 5 rings (SSSR count). The van der Waals surface area contributed by atoms with Crippen LogP contribution in [0.1, 0.15) is 37.1 Å². The van der Waals surface area contributed by atoms with E-state index >= 15 is 0 Å². The van der Waals surface area contributed by atoms with Crippen molar-refractivity contribution in [1.82, 2.24) is 14.9 Å². The van der Waals surface area contributed by atoms with Crippen LogP contribution >= 0.6 is 0 Å². The summed E-state index contributed by atoms with van der Waals surface area (Å²) < 4.78 is 5.73. The number of nitrogens with zero attached hydrogens (tertiary/aromatic N) is 2. The summed E-state index contributed by atoms with van der Waals surface area (Å²) in [5.41, 5.74) is 4.14. The molecule has 28 heavy (non-hydrogen) atoms. The van der Waals surface area contributed by atoms with Gasteiger partial charge < -0.3 is 15.0 Å². The van der Waals surface area contributed by atoms with Crippen LogP contribution in [0.5, 0.6) is 5.75 Å². The largest absolute Gasteiger partial charge is 0.479 e. The Morgan fingerprint density at radius 1 is 1.18 bits per heavy atom. The highest BCUT2D eigenvalue weighted by Crippen LogP contribution is 2.32. The second kappa shape index (κ2) is 6.95. The van der Waals surface area contributed by atoms with Gasteiger partial charge in [0.25, 0.3) is 5.91 Å². The van der Waals surface area contributed by atoms with Gasteiger partial charge in [-0.25, -0.2) is 4.98 Å². The molecule has 3 heterocycles. The van der Waals surface area contributed by atoms with Crippen molar-refractivity contribution >= 4 is 22.6 Å². The molecule has 0 spiro atoms. The molecule has 0 bridgehead atoms. The van der Waals surface area contributed by atoms with E-state index in [0.29, 0.717) is 5.92 Å². The van der Waals surface area contributed by atoms with Crippen molar-refractivity contribution in [1.29, 1.82) is 0 Å². The third-order valence-electron chi connectivity index (χ3n) is 5.77. The van der Waals surface area contributed by atoms with E-state index < -0.39 is 6.10 Å². The number of aromatic nitrogens is 2. The third kappa shape index (κ3) is 3.24. The lowest BCUT2D eigenvalue weighted by Crippen LogP contribution is -2.35. The van der Waals surface area contributed by atoms with Gasteiger partial charge in [0.15, 0.2) is 6.10 Å². The SMILES string of the molecule is CC1Oc2cc(CN3CCC(c4nc5ccccc5[nH]4)CC3)ccc2NC1=O. The van der Waals surface area contributed by atoms with E-state index in [1.54, 1.807) is 6.92 Å². The lowest BCUT2D eigenvalue weighted by molar-refractivity contribution is -0.122. The number of fused-ring (bicyclic) bond motifs is 2. The molecule has 2 N–H and O–H groups in total. The summed E-state index contributed by atoms with van der Waals surface area (Å²) in [5.74, 6) is 2.29. The highest BCUT2D eigenvalue weighted by molar-refractivity contribution is 5.97. The predicted octanol–water partition coefficient (Wildman–Crippen LogP) is 3.66. The molecule has 1 aromatic heterocycles. The fourth-order valence-electron chi connectivity index (χ4n) is 4.13. The van der Waals surface area contributed by atoms with Crippen LogP contribution in [0.4, 0.5) is 5.69 Å². The maximum absolute atomic E-state index is 11.7. The number of para-hydroxylation sites is 2. The zero-order valence-corrected chi connectivity index (χ0v) is 15.9. The van der Waals surface area contributed by atoms with Crippen LogP contribution in [-0.4, -0.2) is 40.0 Å². The van der Waals surface area contributed by atoms with Crippen molar-refractivity contribution < 1.29 is 9.53 Å². The number of aromatic amines is 1. The standard InChI is InChI=1S/C22H24N4O2/c1-14-22(27)25-19-7-6-15(12-20(19)28-14)13-26-10-8-16(9-11-26)21-23-17-4-2-3-5-18(17)24-21/h2-7,12,14,16H,8-11,13H2,1H3,(H,23,24)(H,25,27). The maximum atomic E-state index is 11.7. The molecule has 2 aliphatic rings. The van der Waals surface area contributed by atoms with E-state index in [1.165, 1.54) is 5.56 Å². The summed E-state index contributed by atoms with van der Waals surface area (Å²) in [4.78, 5) is 22.5. The van der Waals surface area contributed by atoms with Crippen LogP contribution in [0.25, 0.3) is 11.0 Å². The van der Waals surface area contributed by atoms with Crippen molar-refractivity contribution in [3.63, 3.8) is 0 Å². The number of nitrogens with one attached hydrogen (secondary N) is 2. The molecule has 1 saturated heterocycles. The van der Waals surface area contributed by atoms with E-state index in [-0.39, 0.29) is 5.91 Å². The van der Waals surface area contributed by atoms with Crippen molar-refractivity contribution in [2.75, 3.05) is 18.4 Å². The number of hydrogen-bond donors (Lipinski definition) is 2. The summed E-state index contributed by atoms with van der Waals surface area (Å²) in [7, 11) is 0. The zero-order valence-electron chi connectivity index (χ0n) is 15.9. The summed E-state index contributed by atoms with van der Waals surface area (Å²) >= 11 is 0. The van der Waals surface area contributed by atoms with Crippen LogP contribution in [0.3, 0.4) is 0 Å². The Kier molecular flexibility index (Phi) is 4.28. The number of piperidine rings is 1. The van der Waals surface area contributed by atoms with E-state index in [4.69, 9.17) is 9.72 Å². The van der Waals surface area contributed by atoms with Crippen molar-refractivity contribution in [2.24, 2.45) is 0 Å². The Balaban J connectivity index is 1.23. The van der Waals surface area contributed by atoms with Crippen LogP contribution in [0.15, 0.2) is 42.5 Å². The van der Waals surface area contributed by atoms with Gasteiger partial charge in [-0.15, -0.1) is 0 Å². The molecule has 1 atom stereocenters. The lowest BCUT2D eigenvalue weighted by atomic mass is 9.96. The van der Waals surface area contributed by atoms with E-state index in [1.807, 2.05) is 18.2 Å². The first kappa shape index (κ1) is 17.3. The first-order chi connectivity index (χ1) is 13.7. The van der Waals surface area contributed by atoms with Gasteiger partial charge in [0.2, 0.25) is 0 Å². The second-order valence-corrected chi connectivity index (χ2v) is 7.77. The van der Waals surface area contributed by atoms with Gasteiger partial charge in [0.1, 0.15) is 11.6 Å². The first-order valence-corrected chi connectivity index (χ1v) is 9.93. The molecule has 3 aromatic rings. The predicted molar refractivity (Wildman–Crippen MR) is 109 cm³/mol. The minimum absolute atomic E-state index is 0.0899. The van der Waals surface area contributed by atoms with E-state index in [2.05, 4.69) is 39.5 Å². The number of carbonyl (C=O) groups excluding carboxylic acids is 1. The third-order valence-corrected chi connectivity index (χ3v) is 5.77. The highest BCUT2D eigenvalue weighted by Gasteiger charge is 2.25. The normalized spacial score (nSPS) is 20.6. The molecule has 6 heteroatoms. The van der Waals surface area contributed by atoms with Gasteiger partial charge in [-0.3, -0.25) is 9.69 Å². The Bertz CT molecular complexity index is 987. The number of rotatable bonds is 3. The number of amides is 1. The number of carbonyl (C=O) groups is 1. The molecule has 144 valence electrons. The fraction of sp³-hybridized carbons (Fsp3) is 0.364. The molecule has 2 aromatic carbocycles. The number of benzene rings is 2. The van der Waals surface area contributed by atoms with Gasteiger partial charge in [-0.05, 0) is 62.7 Å². The number of imidazole rings is 1. The second-order valence-electron chi connectivity index (χ2n) is 7.77. The topological polar surface area (TPSA) is 70.2 Å². The first-order valence-electron chi connectivity index (χ1n) is 9.93. The van der Waals surface area contributed by atoms with Crippen LogP contribution in [-0.2, 0) is 11.3 Å². The van der Waals surface area contributed by atoms with Crippen LogP contribution in [0.2, 0.25) is 0 Å². The minimum atomic E-state index is -0.442. The molecule has 0 radical (unpaired) electrons. The quantitative estimate of drug-likeness (QED) is 0.732. The summed E-state index contributed by atoms with van der Waals surface area (Å²) in [6.07, 6.45) is 1.77. The van der Waals surface area contributed by atoms with E-state index in [9.17, 15) is 4.79 Å². The fourth-order valence-corrected chi connectivity index (χ4v) is 4.13. The Morgan fingerprint density at radius 3 is 2.82 bits per heavy atom. The van der Waals surface area contributed by atoms with Crippen LogP contribution < -0.4 is 10.1 Å². The Labute approximate surface area is 163 Å². The van der Waals surface area contributed by atoms with E-state index in [0.717, 1.165) is 60.8 Å².